The number of likely N-dealkylation sites (N-methyl/N-ethyl adjacent to an activating group) is 1. The van der Waals surface area contributed by atoms with Gasteiger partial charge in [0.05, 0.1) is 18.5 Å². The van der Waals surface area contributed by atoms with Gasteiger partial charge in [-0.15, -0.1) is 0 Å². The van der Waals surface area contributed by atoms with Gasteiger partial charge >= 0.3 is 17.9 Å². The van der Waals surface area contributed by atoms with Crippen LogP contribution in [-0.2, 0) is 27.3 Å². The van der Waals surface area contributed by atoms with Crippen molar-refractivity contribution in [2.24, 2.45) is 0 Å². The van der Waals surface area contributed by atoms with Crippen LogP contribution in [0.2, 0.25) is 5.02 Å². The third-order valence-electron chi connectivity index (χ3n) is 4.53. The molecule has 1 aromatic carbocycles. The van der Waals surface area contributed by atoms with Gasteiger partial charge in [-0.3, -0.25) is 14.7 Å². The van der Waals surface area contributed by atoms with Gasteiger partial charge in [0.2, 0.25) is 0 Å². The monoisotopic (exact) mass is 439 g/mol. The predicted octanol–water partition coefficient (Wildman–Crippen LogP) is 1.47. The van der Waals surface area contributed by atoms with Gasteiger partial charge in [0.25, 0.3) is 0 Å². The number of fused-ring (bicyclic) bond motifs is 1. The van der Waals surface area contributed by atoms with Gasteiger partial charge in [-0.1, -0.05) is 23.7 Å². The molecule has 0 amide bonds. The first-order valence-corrected chi connectivity index (χ1v) is 9.29. The van der Waals surface area contributed by atoms with Crippen LogP contribution in [0.3, 0.4) is 0 Å². The second-order valence-corrected chi connectivity index (χ2v) is 7.44. The van der Waals surface area contributed by atoms with Crippen LogP contribution in [0.25, 0.3) is 11.3 Å². The maximum absolute atomic E-state index is 10.3. The Hall–Kier alpha value is -2.95. The van der Waals surface area contributed by atoms with Gasteiger partial charge < -0.3 is 25.3 Å². The van der Waals surface area contributed by atoms with E-state index in [1.165, 1.54) is 11.3 Å². The zero-order chi connectivity index (χ0) is 22.5. The van der Waals surface area contributed by atoms with Crippen LogP contribution in [0.4, 0.5) is 0 Å². The van der Waals surface area contributed by atoms with Gasteiger partial charge in [0.15, 0.2) is 5.60 Å². The molecule has 0 unspecified atom stereocenters. The van der Waals surface area contributed by atoms with E-state index in [9.17, 15) is 14.4 Å². The molecule has 2 aromatic rings. The van der Waals surface area contributed by atoms with Crippen LogP contribution >= 0.6 is 11.6 Å². The average molecular weight is 440 g/mol. The molecule has 30 heavy (non-hydrogen) atoms. The lowest BCUT2D eigenvalue weighted by molar-refractivity contribution is -0.170. The van der Waals surface area contributed by atoms with Crippen molar-refractivity contribution in [3.05, 3.63) is 40.5 Å². The standard InChI is InChI=1S/C13H14ClN3.C6H8O7/c1-17-7-6-12-11(8-17)13(16-15-12)9-2-4-10(14)5-3-9;7-3(8)1-6(13,5(11)12)2-4(9)10/h2-5H,6-8H2,1H3,(H,15,16);13H,1-2H2,(H,7,8)(H,9,10)(H,11,12). The van der Waals surface area contributed by atoms with Crippen LogP contribution in [-0.4, -0.2) is 72.6 Å². The highest BCUT2D eigenvalue weighted by molar-refractivity contribution is 6.30. The zero-order valence-corrected chi connectivity index (χ0v) is 16.9. The smallest absolute Gasteiger partial charge is 0.336 e. The largest absolute Gasteiger partial charge is 0.481 e. The Balaban J connectivity index is 0.000000224. The van der Waals surface area contributed by atoms with Gasteiger partial charge in [0.1, 0.15) is 0 Å². The molecule has 0 atom stereocenters. The number of hydrogen-bond donors (Lipinski definition) is 5. The quantitative estimate of drug-likeness (QED) is 0.448. The van der Waals surface area contributed by atoms with Crippen LogP contribution in [0.1, 0.15) is 24.1 Å². The van der Waals surface area contributed by atoms with Gasteiger partial charge in [0, 0.05) is 41.4 Å². The first-order chi connectivity index (χ1) is 14.0. The summed E-state index contributed by atoms with van der Waals surface area (Å²) in [5.74, 6) is -5.02. The normalized spacial score (nSPS) is 13.7. The van der Waals surface area contributed by atoms with Gasteiger partial charge in [-0.05, 0) is 19.2 Å². The fourth-order valence-corrected chi connectivity index (χ4v) is 3.12. The molecule has 2 heterocycles. The third kappa shape index (κ3) is 6.02. The number of aromatic nitrogens is 2. The number of nitrogens with one attached hydrogen (secondary N) is 1. The molecular weight excluding hydrogens is 418 g/mol. The van der Waals surface area contributed by atoms with E-state index in [1.807, 2.05) is 24.3 Å². The first-order valence-electron chi connectivity index (χ1n) is 8.92. The number of benzene rings is 1. The van der Waals surface area contributed by atoms with Crippen LogP contribution in [0, 0.1) is 0 Å². The number of aliphatic carboxylic acids is 3. The van der Waals surface area contributed by atoms with Crippen molar-refractivity contribution in [1.82, 2.24) is 15.1 Å². The SMILES string of the molecule is CN1CCc2[nH]nc(-c3ccc(Cl)cc3)c2C1.O=C(O)CC(O)(CC(=O)O)C(=O)O. The van der Waals surface area contributed by atoms with E-state index in [2.05, 4.69) is 22.1 Å². The van der Waals surface area contributed by atoms with E-state index in [-0.39, 0.29) is 0 Å². The molecule has 0 spiro atoms. The zero-order valence-electron chi connectivity index (χ0n) is 16.1. The molecule has 1 aromatic heterocycles. The lowest BCUT2D eigenvalue weighted by atomic mass is 9.96. The lowest BCUT2D eigenvalue weighted by Crippen LogP contribution is -2.42. The number of aromatic amines is 1. The van der Waals surface area contributed by atoms with Crippen molar-refractivity contribution in [1.29, 1.82) is 0 Å². The average Bonchev–Trinajstić information content (AvgIpc) is 3.04. The molecule has 0 aliphatic carbocycles. The summed E-state index contributed by atoms with van der Waals surface area (Å²) in [4.78, 5) is 32.8. The van der Waals surface area contributed by atoms with Crippen LogP contribution in [0.5, 0.6) is 0 Å². The Kier molecular flexibility index (Phi) is 7.54. The molecule has 3 rings (SSSR count). The second-order valence-electron chi connectivity index (χ2n) is 7.00. The number of carboxylic acids is 3. The van der Waals surface area contributed by atoms with Gasteiger partial charge in [-0.25, -0.2) is 4.79 Å². The molecular formula is C19H22ClN3O7. The first kappa shape index (κ1) is 23.3. The van der Waals surface area contributed by atoms with E-state index in [0.29, 0.717) is 0 Å². The van der Waals surface area contributed by atoms with Crippen molar-refractivity contribution in [3.63, 3.8) is 0 Å². The number of rotatable bonds is 6. The Morgan fingerprint density at radius 1 is 1.13 bits per heavy atom. The predicted molar refractivity (Wildman–Crippen MR) is 106 cm³/mol. The number of halogens is 1. The molecule has 0 radical (unpaired) electrons. The second kappa shape index (κ2) is 9.70. The number of hydrogen-bond acceptors (Lipinski definition) is 6. The molecule has 1 aliphatic heterocycles. The number of nitrogens with zero attached hydrogens (tertiary/aromatic N) is 2. The molecule has 1 aliphatic rings. The van der Waals surface area contributed by atoms with Crippen molar-refractivity contribution >= 4 is 29.5 Å². The summed E-state index contributed by atoms with van der Waals surface area (Å²) in [5.41, 5.74) is 2.04. The summed E-state index contributed by atoms with van der Waals surface area (Å²) >= 11 is 5.90. The van der Waals surface area contributed by atoms with Crippen molar-refractivity contribution in [3.8, 4) is 11.3 Å². The van der Waals surface area contributed by atoms with Crippen LogP contribution in [0.15, 0.2) is 24.3 Å². The Morgan fingerprint density at radius 3 is 2.20 bits per heavy atom. The maximum Gasteiger partial charge on any atom is 0.336 e. The minimum Gasteiger partial charge on any atom is -0.481 e. The highest BCUT2D eigenvalue weighted by Gasteiger charge is 2.40. The molecule has 162 valence electrons. The van der Waals surface area contributed by atoms with Crippen molar-refractivity contribution < 1.29 is 34.8 Å². The van der Waals surface area contributed by atoms with E-state index in [1.54, 1.807) is 0 Å². The third-order valence-corrected chi connectivity index (χ3v) is 4.78. The maximum atomic E-state index is 10.3. The number of carbonyl (C=O) groups is 3. The topological polar surface area (TPSA) is 164 Å². The molecule has 11 heteroatoms. The molecule has 0 saturated heterocycles. The summed E-state index contributed by atoms with van der Waals surface area (Å²) in [7, 11) is 2.14. The summed E-state index contributed by atoms with van der Waals surface area (Å²) in [6, 6.07) is 7.86. The van der Waals surface area contributed by atoms with E-state index < -0.39 is 36.4 Å². The highest BCUT2D eigenvalue weighted by Crippen LogP contribution is 2.28. The minimum atomic E-state index is -2.74. The summed E-state index contributed by atoms with van der Waals surface area (Å²) in [5, 5.41) is 42.2. The fraction of sp³-hybridized carbons (Fsp3) is 0.368. The molecule has 0 bridgehead atoms. The van der Waals surface area contributed by atoms with E-state index in [0.717, 1.165) is 35.8 Å². The summed E-state index contributed by atoms with van der Waals surface area (Å²) in [6.45, 7) is 2.05. The lowest BCUT2D eigenvalue weighted by Gasteiger charge is -2.22. The fourth-order valence-electron chi connectivity index (χ4n) is 2.99. The molecule has 5 N–H and O–H groups in total. The van der Waals surface area contributed by atoms with Crippen molar-refractivity contribution in [2.75, 3.05) is 13.6 Å². The highest BCUT2D eigenvalue weighted by atomic mass is 35.5. The molecule has 10 nitrogen and oxygen atoms in total. The minimum absolute atomic E-state index is 0.760. The van der Waals surface area contributed by atoms with E-state index in [4.69, 9.17) is 32.0 Å². The number of aliphatic hydroxyl groups is 1. The Bertz CT molecular complexity index is 911. The summed E-state index contributed by atoms with van der Waals surface area (Å²) < 4.78 is 0. The Morgan fingerprint density at radius 2 is 1.70 bits per heavy atom. The number of carboxylic acid groups (broad SMARTS) is 3. The van der Waals surface area contributed by atoms with Crippen LogP contribution < -0.4 is 0 Å². The van der Waals surface area contributed by atoms with E-state index >= 15 is 0 Å². The summed E-state index contributed by atoms with van der Waals surface area (Å²) in [6.07, 6.45) is -1.24. The van der Waals surface area contributed by atoms with Crippen molar-refractivity contribution in [2.45, 2.75) is 31.4 Å². The van der Waals surface area contributed by atoms with Gasteiger partial charge in [-0.2, -0.15) is 5.10 Å². The molecule has 0 saturated carbocycles. The number of H-pyrrole nitrogens is 1. The Labute approximate surface area is 176 Å². The molecule has 0 fully saturated rings.